The summed E-state index contributed by atoms with van der Waals surface area (Å²) in [4.78, 5) is 11.9. The molecule has 4 N–H and O–H groups in total. The lowest BCUT2D eigenvalue weighted by molar-refractivity contribution is 0.658. The van der Waals surface area contributed by atoms with Crippen molar-refractivity contribution in [1.29, 1.82) is 0 Å². The summed E-state index contributed by atoms with van der Waals surface area (Å²) in [7, 11) is 0. The molecule has 2 rings (SSSR count). The third-order valence-electron chi connectivity index (χ3n) is 2.89. The summed E-state index contributed by atoms with van der Waals surface area (Å²) in [6.45, 7) is 2.18. The van der Waals surface area contributed by atoms with E-state index in [0.717, 1.165) is 12.8 Å². The van der Waals surface area contributed by atoms with E-state index >= 15 is 0 Å². The van der Waals surface area contributed by atoms with E-state index in [9.17, 15) is 0 Å². The number of benzene rings is 1. The number of nitrogen functional groups attached to an aromatic ring is 2. The van der Waals surface area contributed by atoms with Gasteiger partial charge in [-0.25, -0.2) is 0 Å². The third kappa shape index (κ3) is 9.77. The van der Waals surface area contributed by atoms with Crippen LogP contribution in [0.25, 0.3) is 0 Å². The minimum absolute atomic E-state index is 0. The molecule has 0 bridgehead atoms. The van der Waals surface area contributed by atoms with Crippen LogP contribution in [0.5, 0.6) is 0 Å². The van der Waals surface area contributed by atoms with E-state index in [0.29, 0.717) is 11.7 Å². The highest BCUT2D eigenvalue weighted by molar-refractivity contribution is 5.26. The lowest BCUT2D eigenvalue weighted by Crippen LogP contribution is -2.08. The Bertz CT molecular complexity index is 494. The molecule has 1 aromatic heterocycles. The van der Waals surface area contributed by atoms with Gasteiger partial charge in [-0.2, -0.15) is 15.0 Å². The zero-order chi connectivity index (χ0) is 13.0. The molecule has 0 fully saturated rings. The minimum atomic E-state index is 0. The molecule has 5 nitrogen and oxygen atoms in total. The van der Waals surface area contributed by atoms with Crippen LogP contribution in [0.1, 0.15) is 75.2 Å². The van der Waals surface area contributed by atoms with Gasteiger partial charge < -0.3 is 11.5 Å². The van der Waals surface area contributed by atoms with E-state index in [1.165, 1.54) is 5.56 Å². The molecule has 2 aromatic rings. The van der Waals surface area contributed by atoms with E-state index in [4.69, 9.17) is 11.5 Å². The average Bonchev–Trinajstić information content (AvgIpc) is 2.36. The van der Waals surface area contributed by atoms with Crippen LogP contribution < -0.4 is 11.5 Å². The summed E-state index contributed by atoms with van der Waals surface area (Å²) >= 11 is 0. The largest absolute Gasteiger partial charge is 0.368 e. The van der Waals surface area contributed by atoms with Gasteiger partial charge in [0.05, 0.1) is 0 Å². The van der Waals surface area contributed by atoms with Crippen LogP contribution in [0.15, 0.2) is 30.3 Å². The number of rotatable bonds is 4. The SMILES string of the molecule is C.C.C.C.C.C.CC(CCc1nc(N)nc(N)n1)c1ccccc1. The predicted molar refractivity (Wildman–Crippen MR) is 112 cm³/mol. The summed E-state index contributed by atoms with van der Waals surface area (Å²) in [5.74, 6) is 1.47. The molecule has 5 heteroatoms. The minimum Gasteiger partial charge on any atom is -0.368 e. The van der Waals surface area contributed by atoms with Gasteiger partial charge in [-0.3, -0.25) is 0 Å². The van der Waals surface area contributed by atoms with Crippen LogP contribution in [0.3, 0.4) is 0 Å². The van der Waals surface area contributed by atoms with Crippen LogP contribution in [0.4, 0.5) is 11.9 Å². The van der Waals surface area contributed by atoms with E-state index in [2.05, 4.69) is 34.0 Å². The van der Waals surface area contributed by atoms with Crippen molar-refractivity contribution in [2.45, 2.75) is 70.2 Å². The molecule has 0 spiro atoms. The summed E-state index contributed by atoms with van der Waals surface area (Å²) in [5, 5.41) is 0. The Morgan fingerprint density at radius 2 is 1.25 bits per heavy atom. The maximum Gasteiger partial charge on any atom is 0.225 e. The van der Waals surface area contributed by atoms with Gasteiger partial charge in [0.2, 0.25) is 11.9 Å². The zero-order valence-corrected chi connectivity index (χ0v) is 10.4. The van der Waals surface area contributed by atoms with Crippen LogP contribution >= 0.6 is 0 Å². The van der Waals surface area contributed by atoms with Crippen molar-refractivity contribution >= 4 is 11.9 Å². The fourth-order valence-corrected chi connectivity index (χ4v) is 1.86. The fraction of sp³-hybridized carbons (Fsp3) is 0.526. The Balaban J connectivity index is -0.000000201. The smallest absolute Gasteiger partial charge is 0.225 e. The molecule has 0 aliphatic rings. The van der Waals surface area contributed by atoms with Gasteiger partial charge in [0, 0.05) is 6.42 Å². The van der Waals surface area contributed by atoms with Crippen molar-refractivity contribution in [3.8, 4) is 0 Å². The Morgan fingerprint density at radius 3 is 1.71 bits per heavy atom. The lowest BCUT2D eigenvalue weighted by atomic mass is 9.96. The molecule has 0 saturated heterocycles. The molecule has 24 heavy (non-hydrogen) atoms. The molecule has 0 saturated carbocycles. The Kier molecular flexibility index (Phi) is 21.9. The molecule has 0 aliphatic heterocycles. The number of aryl methyl sites for hydroxylation is 1. The van der Waals surface area contributed by atoms with Crippen molar-refractivity contribution in [3.63, 3.8) is 0 Å². The van der Waals surface area contributed by atoms with Crippen LogP contribution in [-0.2, 0) is 6.42 Å². The maximum atomic E-state index is 5.53. The van der Waals surface area contributed by atoms with E-state index < -0.39 is 0 Å². The van der Waals surface area contributed by atoms with Gasteiger partial charge in [-0.15, -0.1) is 0 Å². The second-order valence-electron chi connectivity index (χ2n) is 4.32. The first-order valence-corrected chi connectivity index (χ1v) is 5.96. The quantitative estimate of drug-likeness (QED) is 0.757. The molecule has 1 atom stereocenters. The maximum absolute atomic E-state index is 5.53. The van der Waals surface area contributed by atoms with Gasteiger partial charge in [-0.1, -0.05) is 81.8 Å². The zero-order valence-electron chi connectivity index (χ0n) is 10.4. The lowest BCUT2D eigenvalue weighted by Gasteiger charge is -2.11. The number of nitrogens with zero attached hydrogens (tertiary/aromatic N) is 3. The number of hydrogen-bond donors (Lipinski definition) is 2. The molecule has 1 unspecified atom stereocenters. The highest BCUT2D eigenvalue weighted by atomic mass is 15.1. The van der Waals surface area contributed by atoms with Gasteiger partial charge >= 0.3 is 0 Å². The standard InChI is InChI=1S/C13H17N5.6CH4/c1-9(10-5-3-2-4-6-10)7-8-11-16-12(14)18-13(15)17-11;;;;;;/h2-6,9H,7-8H2,1H3,(H4,14,15,16,17,18);6*1H4. The fourth-order valence-electron chi connectivity index (χ4n) is 1.86. The predicted octanol–water partition coefficient (Wildman–Crippen LogP) is 5.59. The van der Waals surface area contributed by atoms with Crippen LogP contribution in [0, 0.1) is 0 Å². The molecule has 0 radical (unpaired) electrons. The Hall–Kier alpha value is -2.17. The normalized spacial score (nSPS) is 9.21. The number of hydrogen-bond acceptors (Lipinski definition) is 5. The molecule has 1 heterocycles. The molecular formula is C19H41N5. The first-order chi connectivity index (χ1) is 8.65. The van der Waals surface area contributed by atoms with Crippen LogP contribution in [-0.4, -0.2) is 15.0 Å². The molecule has 1 aromatic carbocycles. The van der Waals surface area contributed by atoms with Gasteiger partial charge in [0.15, 0.2) is 0 Å². The van der Waals surface area contributed by atoms with Crippen molar-refractivity contribution in [1.82, 2.24) is 15.0 Å². The molecule has 0 aliphatic carbocycles. The monoisotopic (exact) mass is 339 g/mol. The summed E-state index contributed by atoms with van der Waals surface area (Å²) in [6, 6.07) is 10.4. The highest BCUT2D eigenvalue weighted by Crippen LogP contribution is 2.20. The third-order valence-corrected chi connectivity index (χ3v) is 2.89. The van der Waals surface area contributed by atoms with E-state index in [1.807, 2.05) is 18.2 Å². The topological polar surface area (TPSA) is 90.7 Å². The van der Waals surface area contributed by atoms with Crippen molar-refractivity contribution in [2.24, 2.45) is 0 Å². The summed E-state index contributed by atoms with van der Waals surface area (Å²) in [5.41, 5.74) is 12.4. The van der Waals surface area contributed by atoms with Gasteiger partial charge in [0.25, 0.3) is 0 Å². The van der Waals surface area contributed by atoms with E-state index in [-0.39, 0.29) is 56.5 Å². The highest BCUT2D eigenvalue weighted by Gasteiger charge is 2.08. The van der Waals surface area contributed by atoms with Crippen molar-refractivity contribution in [3.05, 3.63) is 41.7 Å². The number of nitrogens with two attached hydrogens (primary N) is 2. The summed E-state index contributed by atoms with van der Waals surface area (Å²) < 4.78 is 0. The van der Waals surface area contributed by atoms with Crippen molar-refractivity contribution < 1.29 is 0 Å². The van der Waals surface area contributed by atoms with Gasteiger partial charge in [0.1, 0.15) is 5.82 Å². The number of anilines is 2. The molecular weight excluding hydrogens is 298 g/mol. The second kappa shape index (κ2) is 15.7. The van der Waals surface area contributed by atoms with Gasteiger partial charge in [-0.05, 0) is 17.9 Å². The average molecular weight is 340 g/mol. The Labute approximate surface area is 151 Å². The summed E-state index contributed by atoms with van der Waals surface area (Å²) in [6.07, 6.45) is 1.69. The van der Waals surface area contributed by atoms with Crippen LogP contribution in [0.2, 0.25) is 0 Å². The second-order valence-corrected chi connectivity index (χ2v) is 4.32. The first-order valence-electron chi connectivity index (χ1n) is 5.96. The number of aromatic nitrogens is 3. The molecule has 0 amide bonds. The van der Waals surface area contributed by atoms with E-state index in [1.54, 1.807) is 0 Å². The van der Waals surface area contributed by atoms with Crippen molar-refractivity contribution in [2.75, 3.05) is 11.5 Å². The molecule has 142 valence electrons. The Morgan fingerprint density at radius 1 is 0.792 bits per heavy atom. The first kappa shape index (κ1) is 33.4.